The van der Waals surface area contributed by atoms with E-state index in [2.05, 4.69) is 5.32 Å². The van der Waals surface area contributed by atoms with Gasteiger partial charge in [-0.3, -0.25) is 4.79 Å². The number of carbonyl (C=O) groups excluding carboxylic acids is 1. The summed E-state index contributed by atoms with van der Waals surface area (Å²) in [5, 5.41) is 2.74. The number of morpholine rings is 1. The van der Waals surface area contributed by atoms with E-state index in [0.29, 0.717) is 49.9 Å². The van der Waals surface area contributed by atoms with Gasteiger partial charge in [-0.15, -0.1) is 0 Å². The quantitative estimate of drug-likeness (QED) is 0.818. The molecule has 144 valence electrons. The molecule has 0 atom stereocenters. The zero-order valence-corrected chi connectivity index (χ0v) is 15.9. The summed E-state index contributed by atoms with van der Waals surface area (Å²) in [6.07, 6.45) is 0. The molecule has 7 nitrogen and oxygen atoms in total. The molecule has 0 spiro atoms. The second-order valence-electron chi connectivity index (χ2n) is 5.96. The SMILES string of the molecule is CCOc1ccc(C(=O)Nc2cccc(S(=O)(=O)N3CCOCC3)c2)cc1. The van der Waals surface area contributed by atoms with Crippen LogP contribution in [-0.4, -0.2) is 51.5 Å². The first-order chi connectivity index (χ1) is 13.0. The van der Waals surface area contributed by atoms with E-state index in [-0.39, 0.29) is 10.8 Å². The lowest BCUT2D eigenvalue weighted by Gasteiger charge is -2.26. The molecule has 0 saturated carbocycles. The Hall–Kier alpha value is -2.42. The first-order valence-corrected chi connectivity index (χ1v) is 10.2. The average molecular weight is 390 g/mol. The molecule has 1 saturated heterocycles. The molecule has 0 bridgehead atoms. The van der Waals surface area contributed by atoms with Gasteiger partial charge in [0.1, 0.15) is 5.75 Å². The summed E-state index contributed by atoms with van der Waals surface area (Å²) in [6.45, 7) is 3.85. The highest BCUT2D eigenvalue weighted by Crippen LogP contribution is 2.21. The lowest BCUT2D eigenvalue weighted by molar-refractivity contribution is 0.0730. The molecular formula is C19H22N2O5S. The summed E-state index contributed by atoms with van der Waals surface area (Å²) in [7, 11) is -3.61. The fraction of sp³-hybridized carbons (Fsp3) is 0.316. The van der Waals surface area contributed by atoms with Crippen molar-refractivity contribution in [1.82, 2.24) is 4.31 Å². The van der Waals surface area contributed by atoms with Crippen molar-refractivity contribution >= 4 is 21.6 Å². The van der Waals surface area contributed by atoms with Crippen LogP contribution in [0.1, 0.15) is 17.3 Å². The summed E-state index contributed by atoms with van der Waals surface area (Å²) >= 11 is 0. The number of rotatable bonds is 6. The third-order valence-corrected chi connectivity index (χ3v) is 6.02. The van der Waals surface area contributed by atoms with Crippen LogP contribution in [0.2, 0.25) is 0 Å². The van der Waals surface area contributed by atoms with Gasteiger partial charge >= 0.3 is 0 Å². The van der Waals surface area contributed by atoms with E-state index in [4.69, 9.17) is 9.47 Å². The Balaban J connectivity index is 1.74. The second-order valence-corrected chi connectivity index (χ2v) is 7.89. The third-order valence-electron chi connectivity index (χ3n) is 4.13. The van der Waals surface area contributed by atoms with Crippen molar-refractivity contribution in [3.63, 3.8) is 0 Å². The maximum absolute atomic E-state index is 12.7. The van der Waals surface area contributed by atoms with Crippen molar-refractivity contribution in [3.8, 4) is 5.75 Å². The Kier molecular flexibility index (Phi) is 6.10. The molecule has 1 aliphatic heterocycles. The Morgan fingerprint density at radius 1 is 1.15 bits per heavy atom. The van der Waals surface area contributed by atoms with Gasteiger partial charge in [-0.1, -0.05) is 6.07 Å². The topological polar surface area (TPSA) is 84.9 Å². The van der Waals surface area contributed by atoms with E-state index >= 15 is 0 Å². The van der Waals surface area contributed by atoms with Gasteiger partial charge in [0.25, 0.3) is 5.91 Å². The van der Waals surface area contributed by atoms with Gasteiger partial charge in [0.15, 0.2) is 0 Å². The van der Waals surface area contributed by atoms with Crippen LogP contribution in [0.3, 0.4) is 0 Å². The Morgan fingerprint density at radius 2 is 1.85 bits per heavy atom. The highest BCUT2D eigenvalue weighted by molar-refractivity contribution is 7.89. The summed E-state index contributed by atoms with van der Waals surface area (Å²) in [5.74, 6) is 0.367. The largest absolute Gasteiger partial charge is 0.494 e. The van der Waals surface area contributed by atoms with E-state index in [0.717, 1.165) is 0 Å². The number of anilines is 1. The fourth-order valence-corrected chi connectivity index (χ4v) is 4.20. The minimum absolute atomic E-state index is 0.147. The Labute approximate surface area is 158 Å². The van der Waals surface area contributed by atoms with Crippen LogP contribution in [0.4, 0.5) is 5.69 Å². The van der Waals surface area contributed by atoms with E-state index in [1.807, 2.05) is 6.92 Å². The number of sulfonamides is 1. The molecule has 1 aliphatic rings. The van der Waals surface area contributed by atoms with Crippen LogP contribution in [0.25, 0.3) is 0 Å². The van der Waals surface area contributed by atoms with Gasteiger partial charge in [0.2, 0.25) is 10.0 Å². The molecule has 2 aromatic rings. The van der Waals surface area contributed by atoms with Gasteiger partial charge in [0, 0.05) is 24.3 Å². The third kappa shape index (κ3) is 4.65. The molecule has 2 aromatic carbocycles. The molecular weight excluding hydrogens is 368 g/mol. The maximum atomic E-state index is 12.7. The smallest absolute Gasteiger partial charge is 0.255 e. The predicted molar refractivity (Wildman–Crippen MR) is 102 cm³/mol. The van der Waals surface area contributed by atoms with E-state index in [1.54, 1.807) is 36.4 Å². The molecule has 1 heterocycles. The number of hydrogen-bond donors (Lipinski definition) is 1. The zero-order chi connectivity index (χ0) is 19.3. The molecule has 8 heteroatoms. The minimum atomic E-state index is -3.61. The number of ether oxygens (including phenoxy) is 2. The van der Waals surface area contributed by atoms with Crippen molar-refractivity contribution < 1.29 is 22.7 Å². The number of benzene rings is 2. The molecule has 0 aromatic heterocycles. The van der Waals surface area contributed by atoms with Gasteiger partial charge in [-0.25, -0.2) is 8.42 Å². The van der Waals surface area contributed by atoms with E-state index in [9.17, 15) is 13.2 Å². The molecule has 1 N–H and O–H groups in total. The summed E-state index contributed by atoms with van der Waals surface area (Å²) < 4.78 is 37.4. The summed E-state index contributed by atoms with van der Waals surface area (Å²) in [6, 6.07) is 13.0. The van der Waals surface area contributed by atoms with Crippen molar-refractivity contribution in [1.29, 1.82) is 0 Å². The summed E-state index contributed by atoms with van der Waals surface area (Å²) in [5.41, 5.74) is 0.878. The van der Waals surface area contributed by atoms with Crippen LogP contribution >= 0.6 is 0 Å². The van der Waals surface area contributed by atoms with Gasteiger partial charge in [0.05, 0.1) is 24.7 Å². The standard InChI is InChI=1S/C19H22N2O5S/c1-2-26-17-8-6-15(7-9-17)19(22)20-16-4-3-5-18(14-16)27(23,24)21-10-12-25-13-11-21/h3-9,14H,2,10-13H2,1H3,(H,20,22). The van der Waals surface area contributed by atoms with Crippen LogP contribution in [-0.2, 0) is 14.8 Å². The Bertz CT molecular complexity index is 891. The monoisotopic (exact) mass is 390 g/mol. The normalized spacial score (nSPS) is 15.3. The van der Waals surface area contributed by atoms with E-state index < -0.39 is 10.0 Å². The lowest BCUT2D eigenvalue weighted by atomic mass is 10.2. The van der Waals surface area contributed by atoms with E-state index in [1.165, 1.54) is 16.4 Å². The Morgan fingerprint density at radius 3 is 2.52 bits per heavy atom. The maximum Gasteiger partial charge on any atom is 0.255 e. The van der Waals surface area contributed by atoms with Gasteiger partial charge in [-0.2, -0.15) is 4.31 Å². The van der Waals surface area contributed by atoms with Crippen molar-refractivity contribution in [3.05, 3.63) is 54.1 Å². The highest BCUT2D eigenvalue weighted by atomic mass is 32.2. The molecule has 0 aliphatic carbocycles. The zero-order valence-electron chi connectivity index (χ0n) is 15.1. The first-order valence-electron chi connectivity index (χ1n) is 8.73. The molecule has 3 rings (SSSR count). The second kappa shape index (κ2) is 8.51. The van der Waals surface area contributed by atoms with Crippen LogP contribution in [0.15, 0.2) is 53.4 Å². The molecule has 27 heavy (non-hydrogen) atoms. The van der Waals surface area contributed by atoms with Crippen molar-refractivity contribution in [2.75, 3.05) is 38.2 Å². The van der Waals surface area contributed by atoms with Gasteiger partial charge < -0.3 is 14.8 Å². The average Bonchev–Trinajstić information content (AvgIpc) is 2.69. The van der Waals surface area contributed by atoms with Crippen LogP contribution < -0.4 is 10.1 Å². The molecule has 0 radical (unpaired) electrons. The predicted octanol–water partition coefficient (Wildman–Crippen LogP) is 2.36. The first kappa shape index (κ1) is 19.3. The number of hydrogen-bond acceptors (Lipinski definition) is 5. The molecule has 1 fully saturated rings. The van der Waals surface area contributed by atoms with Crippen molar-refractivity contribution in [2.24, 2.45) is 0 Å². The number of amides is 1. The fourth-order valence-electron chi connectivity index (χ4n) is 2.74. The molecule has 1 amide bonds. The van der Waals surface area contributed by atoms with Crippen LogP contribution in [0, 0.1) is 0 Å². The summed E-state index contributed by atoms with van der Waals surface area (Å²) in [4.78, 5) is 12.6. The van der Waals surface area contributed by atoms with Gasteiger partial charge in [-0.05, 0) is 49.4 Å². The van der Waals surface area contributed by atoms with Crippen molar-refractivity contribution in [2.45, 2.75) is 11.8 Å². The number of nitrogens with zero attached hydrogens (tertiary/aromatic N) is 1. The highest BCUT2D eigenvalue weighted by Gasteiger charge is 2.26. The lowest BCUT2D eigenvalue weighted by Crippen LogP contribution is -2.40. The number of carbonyl (C=O) groups is 1. The minimum Gasteiger partial charge on any atom is -0.494 e. The molecule has 0 unspecified atom stereocenters. The number of nitrogens with one attached hydrogen (secondary N) is 1. The van der Waals surface area contributed by atoms with Crippen LogP contribution in [0.5, 0.6) is 5.75 Å².